The van der Waals surface area contributed by atoms with Gasteiger partial charge in [0.25, 0.3) is 0 Å². The summed E-state index contributed by atoms with van der Waals surface area (Å²) in [7, 11) is 1.61. The van der Waals surface area contributed by atoms with Crippen molar-refractivity contribution in [2.45, 2.75) is 0 Å². The maximum atomic E-state index is 5.02. The van der Waals surface area contributed by atoms with Gasteiger partial charge in [0, 0.05) is 7.05 Å². The van der Waals surface area contributed by atoms with Crippen LogP contribution in [0.3, 0.4) is 0 Å². The zero-order valence-corrected chi connectivity index (χ0v) is 4.97. The maximum absolute atomic E-state index is 5.02. The molecule has 0 atom stereocenters. The Hall–Kier alpha value is 0.0700. The molecule has 0 spiro atoms. The number of rotatable bonds is 0. The first-order chi connectivity index (χ1) is 2.64. The third-order valence-corrected chi connectivity index (χ3v) is 0.864. The fourth-order valence-corrected chi connectivity index (χ4v) is 0. The van der Waals surface area contributed by atoms with Gasteiger partial charge >= 0.3 is 0 Å². The summed E-state index contributed by atoms with van der Waals surface area (Å²) in [6, 6.07) is 0. The Morgan fingerprint density at radius 3 is 2.17 bits per heavy atom. The fourth-order valence-electron chi connectivity index (χ4n) is 0. The van der Waals surface area contributed by atoms with Crippen LogP contribution in [-0.4, -0.2) is 16.4 Å². The molecule has 0 fully saturated rings. The molecule has 0 heterocycles. The van der Waals surface area contributed by atoms with Crippen molar-refractivity contribution in [3.05, 3.63) is 0 Å². The zero-order valence-electron chi connectivity index (χ0n) is 3.34. The minimum absolute atomic E-state index is 0.287. The van der Waals surface area contributed by atoms with Crippen molar-refractivity contribution in [1.82, 2.24) is 5.01 Å². The van der Waals surface area contributed by atoms with Gasteiger partial charge in [0.1, 0.15) is 0 Å². The molecule has 4 heteroatoms. The predicted octanol–water partition coefficient (Wildman–Crippen LogP) is -0.376. The molecule has 0 aromatic carbocycles. The molecule has 0 aromatic rings. The number of hydrazine groups is 1. The van der Waals surface area contributed by atoms with Crippen molar-refractivity contribution in [1.29, 1.82) is 0 Å². The van der Waals surface area contributed by atoms with E-state index in [1.165, 1.54) is 5.01 Å². The predicted molar refractivity (Wildman–Crippen MR) is 31.9 cm³/mol. The highest BCUT2D eigenvalue weighted by Crippen LogP contribution is 1.69. The lowest BCUT2D eigenvalue weighted by Crippen LogP contribution is -2.29. The Balaban J connectivity index is 3.26. The van der Waals surface area contributed by atoms with Gasteiger partial charge in [-0.1, -0.05) is 0 Å². The largest absolute Gasteiger partial charge is 0.410 e. The first kappa shape index (κ1) is 6.07. The molecule has 0 saturated carbocycles. The average molecular weight is 121 g/mol. The lowest BCUT2D eigenvalue weighted by molar-refractivity contribution is 0.560. The van der Waals surface area contributed by atoms with E-state index in [0.717, 1.165) is 0 Å². The van der Waals surface area contributed by atoms with Gasteiger partial charge in [0.05, 0.1) is 0 Å². The second-order valence-electron chi connectivity index (χ2n) is 0.877. The molecule has 36 valence electrons. The number of nitrogens with two attached hydrogens (primary N) is 1. The number of thiocarbonyl (C=S) groups is 1. The molecule has 0 rings (SSSR count). The van der Waals surface area contributed by atoms with Crippen molar-refractivity contribution in [2.24, 2.45) is 5.84 Å². The van der Waals surface area contributed by atoms with Crippen LogP contribution in [-0.2, 0) is 12.6 Å². The van der Waals surface area contributed by atoms with Crippen LogP contribution in [0.5, 0.6) is 0 Å². The summed E-state index contributed by atoms with van der Waals surface area (Å²) in [5.74, 6) is 5.02. The molecular weight excluding hydrogens is 116 g/mol. The van der Waals surface area contributed by atoms with Crippen molar-refractivity contribution in [3.63, 3.8) is 0 Å². The van der Waals surface area contributed by atoms with E-state index >= 15 is 0 Å². The van der Waals surface area contributed by atoms with Crippen LogP contribution in [0.25, 0.3) is 0 Å². The van der Waals surface area contributed by atoms with E-state index in [-0.39, 0.29) is 4.32 Å². The molecule has 0 bridgehead atoms. The molecule has 0 aromatic heterocycles. The van der Waals surface area contributed by atoms with Gasteiger partial charge in [-0.2, -0.15) is 0 Å². The number of hydrogen-bond donors (Lipinski definition) is 1. The summed E-state index contributed by atoms with van der Waals surface area (Å²) in [5, 5.41) is 1.21. The van der Waals surface area contributed by atoms with Gasteiger partial charge < -0.3 is 29.9 Å². The Bertz CT molecular complexity index is 60.6. The molecule has 0 unspecified atom stereocenters. The second-order valence-corrected chi connectivity index (χ2v) is 1.91. The minimum atomic E-state index is 0.287. The van der Waals surface area contributed by atoms with Gasteiger partial charge in [-0.3, -0.25) is 0 Å². The molecule has 0 aliphatic rings. The maximum Gasteiger partial charge on any atom is 0.0211 e. The smallest absolute Gasteiger partial charge is 0.0211 e. The van der Waals surface area contributed by atoms with E-state index in [0.29, 0.717) is 0 Å². The van der Waals surface area contributed by atoms with Gasteiger partial charge in [-0.05, 0) is 4.32 Å². The first-order valence-corrected chi connectivity index (χ1v) is 2.15. The monoisotopic (exact) mass is 121 g/mol. The van der Waals surface area contributed by atoms with Crippen LogP contribution >= 0.6 is 12.2 Å². The molecule has 0 aliphatic carbocycles. The van der Waals surface area contributed by atoms with Crippen LogP contribution in [0.2, 0.25) is 0 Å². The van der Waals surface area contributed by atoms with Gasteiger partial charge in [0.2, 0.25) is 0 Å². The molecule has 0 aliphatic heterocycles. The lowest BCUT2D eigenvalue weighted by atomic mass is 11.2. The molecule has 0 saturated heterocycles. The molecule has 2 nitrogen and oxygen atoms in total. The van der Waals surface area contributed by atoms with Crippen molar-refractivity contribution < 1.29 is 0 Å². The van der Waals surface area contributed by atoms with Crippen LogP contribution < -0.4 is 5.84 Å². The van der Waals surface area contributed by atoms with E-state index in [4.69, 9.17) is 5.84 Å². The van der Waals surface area contributed by atoms with E-state index in [1.807, 2.05) is 0 Å². The Morgan fingerprint density at radius 2 is 2.17 bits per heavy atom. The Labute approximate surface area is 47.7 Å². The third-order valence-electron chi connectivity index (χ3n) is 0.288. The standard InChI is InChI=1S/C2H6N2S2/c1-4(3)2(5)6/h3H2,1H3,(H,5,6)/p-1. The minimum Gasteiger partial charge on any atom is -0.410 e. The summed E-state index contributed by atoms with van der Waals surface area (Å²) in [4.78, 5) is 0. The average Bonchev–Trinajstić information content (AvgIpc) is 1.36. The quantitative estimate of drug-likeness (QED) is 0.205. The third kappa shape index (κ3) is 2.32. The Morgan fingerprint density at radius 1 is 2.00 bits per heavy atom. The molecular formula is C2H5N2S2-. The number of nitrogens with zero attached hydrogens (tertiary/aromatic N) is 1. The van der Waals surface area contributed by atoms with Crippen LogP contribution in [0.1, 0.15) is 0 Å². The van der Waals surface area contributed by atoms with E-state index in [2.05, 4.69) is 24.8 Å². The summed E-state index contributed by atoms with van der Waals surface area (Å²) in [5.41, 5.74) is 0. The summed E-state index contributed by atoms with van der Waals surface area (Å²) >= 11 is 8.87. The highest BCUT2D eigenvalue weighted by molar-refractivity contribution is 8.00. The first-order valence-electron chi connectivity index (χ1n) is 1.34. The van der Waals surface area contributed by atoms with E-state index in [9.17, 15) is 0 Å². The molecule has 6 heavy (non-hydrogen) atoms. The van der Waals surface area contributed by atoms with Crippen molar-refractivity contribution >= 4 is 29.2 Å². The molecule has 0 radical (unpaired) electrons. The van der Waals surface area contributed by atoms with E-state index < -0.39 is 0 Å². The second kappa shape index (κ2) is 2.28. The number of hydrogen-bond acceptors (Lipinski definition) is 3. The SMILES string of the molecule is CN(N)C(=S)[S-]. The zero-order chi connectivity index (χ0) is 5.15. The van der Waals surface area contributed by atoms with Crippen LogP contribution in [0, 0.1) is 0 Å². The fraction of sp³-hybridized carbons (Fsp3) is 0.500. The normalized spacial score (nSPS) is 7.67. The Kier molecular flexibility index (Phi) is 2.31. The topological polar surface area (TPSA) is 29.3 Å². The summed E-state index contributed by atoms with van der Waals surface area (Å²) < 4.78 is 0.287. The lowest BCUT2D eigenvalue weighted by Gasteiger charge is -2.14. The molecule has 2 N–H and O–H groups in total. The van der Waals surface area contributed by atoms with Gasteiger partial charge in [-0.25, -0.2) is 5.84 Å². The van der Waals surface area contributed by atoms with Gasteiger partial charge in [-0.15, -0.1) is 0 Å². The van der Waals surface area contributed by atoms with Crippen molar-refractivity contribution in [2.75, 3.05) is 7.05 Å². The van der Waals surface area contributed by atoms with Crippen molar-refractivity contribution in [3.8, 4) is 0 Å². The van der Waals surface area contributed by atoms with Crippen LogP contribution in [0.4, 0.5) is 0 Å². The summed E-state index contributed by atoms with van der Waals surface area (Å²) in [6.45, 7) is 0. The van der Waals surface area contributed by atoms with Crippen LogP contribution in [0.15, 0.2) is 0 Å². The van der Waals surface area contributed by atoms with E-state index in [1.54, 1.807) is 7.05 Å². The summed E-state index contributed by atoms with van der Waals surface area (Å²) in [6.07, 6.45) is 0. The highest BCUT2D eigenvalue weighted by atomic mass is 32.1. The van der Waals surface area contributed by atoms with Gasteiger partial charge in [0.15, 0.2) is 0 Å². The highest BCUT2D eigenvalue weighted by Gasteiger charge is 1.72. The molecule has 0 amide bonds.